The van der Waals surface area contributed by atoms with Crippen LogP contribution in [0.1, 0.15) is 16.1 Å². The Morgan fingerprint density at radius 1 is 1.07 bits per heavy atom. The highest BCUT2D eigenvalue weighted by atomic mass is 32.1. The van der Waals surface area contributed by atoms with Gasteiger partial charge in [0.1, 0.15) is 0 Å². The van der Waals surface area contributed by atoms with Crippen molar-refractivity contribution in [2.75, 3.05) is 25.0 Å². The second-order valence-electron chi connectivity index (χ2n) is 7.33. The van der Waals surface area contributed by atoms with E-state index in [1.165, 1.54) is 11.1 Å². The maximum atomic E-state index is 12.2. The van der Waals surface area contributed by atoms with Crippen LogP contribution in [-0.4, -0.2) is 41.3 Å². The zero-order chi connectivity index (χ0) is 20.9. The third-order valence-electron chi connectivity index (χ3n) is 5.19. The van der Waals surface area contributed by atoms with Crippen molar-refractivity contribution in [2.45, 2.75) is 19.9 Å². The second kappa shape index (κ2) is 9.19. The number of thiazole rings is 1. The first-order valence-electron chi connectivity index (χ1n) is 9.99. The Bertz CT molecular complexity index is 1050. The van der Waals surface area contributed by atoms with E-state index in [-0.39, 0.29) is 0 Å². The molecule has 6 nitrogen and oxygen atoms in total. The first-order valence-corrected chi connectivity index (χ1v) is 10.9. The van der Waals surface area contributed by atoms with Crippen LogP contribution in [0.3, 0.4) is 0 Å². The molecule has 2 aromatic carbocycles. The molecular weight excluding hydrogens is 396 g/mol. The number of nitrogens with zero attached hydrogens (tertiary/aromatic N) is 2. The molecule has 0 saturated heterocycles. The number of carbonyl (C=O) groups is 2. The molecule has 3 aromatic rings. The number of fused-ring (bicyclic) bond motifs is 1. The van der Waals surface area contributed by atoms with Gasteiger partial charge in [-0.3, -0.25) is 14.5 Å². The third kappa shape index (κ3) is 4.93. The number of carbonyl (C=O) groups excluding carboxylic acids is 2. The molecule has 1 aliphatic rings. The van der Waals surface area contributed by atoms with Crippen molar-refractivity contribution in [3.63, 3.8) is 0 Å². The van der Waals surface area contributed by atoms with E-state index in [1.807, 2.05) is 24.4 Å². The predicted molar refractivity (Wildman–Crippen MR) is 119 cm³/mol. The molecule has 0 atom stereocenters. The minimum absolute atomic E-state index is 0.441. The van der Waals surface area contributed by atoms with Crippen molar-refractivity contribution in [3.05, 3.63) is 70.0 Å². The second-order valence-corrected chi connectivity index (χ2v) is 8.40. The van der Waals surface area contributed by atoms with Crippen LogP contribution in [0.2, 0.25) is 0 Å². The molecule has 154 valence electrons. The van der Waals surface area contributed by atoms with Crippen LogP contribution in [0.4, 0.5) is 5.69 Å². The molecule has 2 heterocycles. The van der Waals surface area contributed by atoms with E-state index in [0.29, 0.717) is 12.2 Å². The van der Waals surface area contributed by atoms with E-state index < -0.39 is 11.8 Å². The fourth-order valence-electron chi connectivity index (χ4n) is 3.56. The molecule has 4 rings (SSSR count). The molecule has 0 bridgehead atoms. The SMILES string of the molecule is Cc1nc(-c2ccc(NC(=O)C(=O)NCCN3CCc4ccccc4C3)cc2)cs1. The molecule has 7 heteroatoms. The summed E-state index contributed by atoms with van der Waals surface area (Å²) in [4.78, 5) is 31.0. The predicted octanol–water partition coefficient (Wildman–Crippen LogP) is 3.23. The molecular formula is C23H24N4O2S. The average Bonchev–Trinajstić information content (AvgIpc) is 3.20. The maximum Gasteiger partial charge on any atom is 0.313 e. The maximum absolute atomic E-state index is 12.2. The van der Waals surface area contributed by atoms with Gasteiger partial charge in [-0.15, -0.1) is 11.3 Å². The van der Waals surface area contributed by atoms with Crippen LogP contribution in [-0.2, 0) is 22.6 Å². The minimum atomic E-state index is -0.656. The molecule has 2 N–H and O–H groups in total. The van der Waals surface area contributed by atoms with Crippen LogP contribution < -0.4 is 10.6 Å². The molecule has 0 spiro atoms. The molecule has 1 aliphatic heterocycles. The Labute approximate surface area is 180 Å². The van der Waals surface area contributed by atoms with Gasteiger partial charge in [0.2, 0.25) is 0 Å². The topological polar surface area (TPSA) is 74.3 Å². The molecule has 0 radical (unpaired) electrons. The van der Waals surface area contributed by atoms with E-state index in [1.54, 1.807) is 23.5 Å². The number of hydrogen-bond donors (Lipinski definition) is 2. The van der Waals surface area contributed by atoms with Crippen molar-refractivity contribution >= 4 is 28.8 Å². The lowest BCUT2D eigenvalue weighted by Gasteiger charge is -2.28. The summed E-state index contributed by atoms with van der Waals surface area (Å²) >= 11 is 1.60. The van der Waals surface area contributed by atoms with Gasteiger partial charge in [0.25, 0.3) is 0 Å². The number of anilines is 1. The van der Waals surface area contributed by atoms with E-state index in [2.05, 4.69) is 44.8 Å². The Balaban J connectivity index is 1.23. The summed E-state index contributed by atoms with van der Waals surface area (Å²) in [6.07, 6.45) is 1.01. The van der Waals surface area contributed by atoms with Crippen molar-refractivity contribution in [3.8, 4) is 11.3 Å². The lowest BCUT2D eigenvalue weighted by molar-refractivity contribution is -0.136. The smallest absolute Gasteiger partial charge is 0.313 e. The number of hydrogen-bond acceptors (Lipinski definition) is 5. The Hall–Kier alpha value is -3.03. The number of aromatic nitrogens is 1. The van der Waals surface area contributed by atoms with Crippen LogP contribution in [0.15, 0.2) is 53.9 Å². The highest BCUT2D eigenvalue weighted by molar-refractivity contribution is 7.09. The monoisotopic (exact) mass is 420 g/mol. The normalized spacial score (nSPS) is 13.5. The van der Waals surface area contributed by atoms with Crippen LogP contribution >= 0.6 is 11.3 Å². The van der Waals surface area contributed by atoms with Gasteiger partial charge in [-0.2, -0.15) is 0 Å². The molecule has 2 amide bonds. The summed E-state index contributed by atoms with van der Waals surface area (Å²) < 4.78 is 0. The zero-order valence-electron chi connectivity index (χ0n) is 16.9. The fourth-order valence-corrected chi connectivity index (χ4v) is 4.18. The van der Waals surface area contributed by atoms with Crippen molar-refractivity contribution in [1.29, 1.82) is 0 Å². The van der Waals surface area contributed by atoms with Gasteiger partial charge in [-0.1, -0.05) is 36.4 Å². The number of nitrogens with one attached hydrogen (secondary N) is 2. The quantitative estimate of drug-likeness (QED) is 0.622. The summed E-state index contributed by atoms with van der Waals surface area (Å²) in [6.45, 7) is 4.96. The summed E-state index contributed by atoms with van der Waals surface area (Å²) in [6, 6.07) is 15.8. The third-order valence-corrected chi connectivity index (χ3v) is 5.96. The van der Waals surface area contributed by atoms with Gasteiger partial charge in [0.05, 0.1) is 10.7 Å². The Morgan fingerprint density at radius 2 is 1.83 bits per heavy atom. The first kappa shape index (κ1) is 20.3. The van der Waals surface area contributed by atoms with Gasteiger partial charge in [-0.25, -0.2) is 4.98 Å². The van der Waals surface area contributed by atoms with Crippen molar-refractivity contribution in [1.82, 2.24) is 15.2 Å². The summed E-state index contributed by atoms with van der Waals surface area (Å²) in [5.74, 6) is -1.28. The molecule has 30 heavy (non-hydrogen) atoms. The van der Waals surface area contributed by atoms with Crippen molar-refractivity contribution in [2.24, 2.45) is 0 Å². The molecule has 1 aromatic heterocycles. The van der Waals surface area contributed by atoms with Crippen molar-refractivity contribution < 1.29 is 9.59 Å². The number of rotatable bonds is 5. The van der Waals surface area contributed by atoms with E-state index >= 15 is 0 Å². The summed E-state index contributed by atoms with van der Waals surface area (Å²) in [5, 5.41) is 8.36. The highest BCUT2D eigenvalue weighted by Crippen LogP contribution is 2.23. The minimum Gasteiger partial charge on any atom is -0.347 e. The lowest BCUT2D eigenvalue weighted by atomic mass is 10.00. The molecule has 0 fully saturated rings. The largest absolute Gasteiger partial charge is 0.347 e. The van der Waals surface area contributed by atoms with Crippen LogP contribution in [0, 0.1) is 6.92 Å². The molecule has 0 aliphatic carbocycles. The van der Waals surface area contributed by atoms with E-state index in [4.69, 9.17) is 0 Å². The van der Waals surface area contributed by atoms with E-state index in [0.717, 1.165) is 42.3 Å². The summed E-state index contributed by atoms with van der Waals surface area (Å²) in [7, 11) is 0. The van der Waals surface area contributed by atoms with Crippen LogP contribution in [0.5, 0.6) is 0 Å². The highest BCUT2D eigenvalue weighted by Gasteiger charge is 2.17. The zero-order valence-corrected chi connectivity index (χ0v) is 17.7. The number of benzene rings is 2. The standard InChI is InChI=1S/C23H24N4O2S/c1-16-25-21(15-30-16)18-6-8-20(9-7-18)26-23(29)22(28)24-11-13-27-12-10-17-4-2-3-5-19(17)14-27/h2-9,15H,10-14H2,1H3,(H,24,28)(H,26,29). The first-order chi connectivity index (χ1) is 14.6. The van der Waals surface area contributed by atoms with Gasteiger partial charge in [0.15, 0.2) is 0 Å². The van der Waals surface area contributed by atoms with Gasteiger partial charge >= 0.3 is 11.8 Å². The van der Waals surface area contributed by atoms with Crippen LogP contribution in [0.25, 0.3) is 11.3 Å². The van der Waals surface area contributed by atoms with Gasteiger partial charge in [0, 0.05) is 42.8 Å². The number of aryl methyl sites for hydroxylation is 1. The Morgan fingerprint density at radius 3 is 2.57 bits per heavy atom. The average molecular weight is 421 g/mol. The lowest BCUT2D eigenvalue weighted by Crippen LogP contribution is -2.41. The van der Waals surface area contributed by atoms with Gasteiger partial charge < -0.3 is 10.6 Å². The van der Waals surface area contributed by atoms with Gasteiger partial charge in [-0.05, 0) is 36.6 Å². The fraction of sp³-hybridized carbons (Fsp3) is 0.261. The number of amides is 2. The molecule has 0 unspecified atom stereocenters. The summed E-state index contributed by atoms with van der Waals surface area (Å²) in [5.41, 5.74) is 5.20. The van der Waals surface area contributed by atoms with E-state index in [9.17, 15) is 9.59 Å². The molecule has 0 saturated carbocycles. The Kier molecular flexibility index (Phi) is 6.21.